The van der Waals surface area contributed by atoms with E-state index in [0.717, 1.165) is 5.92 Å². The van der Waals surface area contributed by atoms with Gasteiger partial charge >= 0.3 is 0 Å². The normalized spacial score (nSPS) is 18.5. The molecule has 3 heteroatoms. The molecule has 1 unspecified atom stereocenters. The van der Waals surface area contributed by atoms with Gasteiger partial charge in [-0.3, -0.25) is 0 Å². The van der Waals surface area contributed by atoms with Crippen LogP contribution in [0.2, 0.25) is 0 Å². The third-order valence-electron chi connectivity index (χ3n) is 4.65. The molecule has 1 aliphatic heterocycles. The Kier molecular flexibility index (Phi) is 5.92. The Balaban J connectivity index is 1.92. The van der Waals surface area contributed by atoms with Gasteiger partial charge in [0.2, 0.25) is 0 Å². The number of piperidine rings is 1. The highest BCUT2D eigenvalue weighted by molar-refractivity contribution is 5.69. The van der Waals surface area contributed by atoms with Crippen molar-refractivity contribution in [2.75, 3.05) is 43.9 Å². The maximum absolute atomic E-state index is 3.75. The van der Waals surface area contributed by atoms with Crippen molar-refractivity contribution in [3.63, 3.8) is 0 Å². The molecule has 2 rings (SSSR count). The number of para-hydroxylation sites is 2. The number of hydrogen-bond acceptors (Lipinski definition) is 3. The summed E-state index contributed by atoms with van der Waals surface area (Å²) >= 11 is 0. The van der Waals surface area contributed by atoms with Crippen molar-refractivity contribution >= 4 is 11.4 Å². The van der Waals surface area contributed by atoms with E-state index in [1.54, 1.807) is 0 Å². The third kappa shape index (κ3) is 4.37. The van der Waals surface area contributed by atoms with Crippen LogP contribution in [0.3, 0.4) is 0 Å². The number of anilines is 2. The lowest BCUT2D eigenvalue weighted by Crippen LogP contribution is -2.39. The van der Waals surface area contributed by atoms with Crippen molar-refractivity contribution in [1.29, 1.82) is 0 Å². The second kappa shape index (κ2) is 7.69. The molecule has 118 valence electrons. The third-order valence-corrected chi connectivity index (χ3v) is 4.65. The second-order valence-corrected chi connectivity index (χ2v) is 6.52. The van der Waals surface area contributed by atoms with Crippen molar-refractivity contribution in [3.8, 4) is 0 Å². The Morgan fingerprint density at radius 1 is 1.24 bits per heavy atom. The molecule has 0 bridgehead atoms. The van der Waals surface area contributed by atoms with Crippen LogP contribution in [0.4, 0.5) is 11.4 Å². The fourth-order valence-electron chi connectivity index (χ4n) is 3.34. The van der Waals surface area contributed by atoms with Crippen LogP contribution >= 0.6 is 0 Å². The summed E-state index contributed by atoms with van der Waals surface area (Å²) < 4.78 is 0. The molecule has 3 nitrogen and oxygen atoms in total. The fourth-order valence-corrected chi connectivity index (χ4v) is 3.34. The van der Waals surface area contributed by atoms with E-state index in [1.807, 2.05) is 0 Å². The number of rotatable bonds is 6. The van der Waals surface area contributed by atoms with Gasteiger partial charge in [0, 0.05) is 20.1 Å². The molecule has 0 amide bonds. The summed E-state index contributed by atoms with van der Waals surface area (Å²) in [6.45, 7) is 8.40. The molecule has 0 spiro atoms. The summed E-state index contributed by atoms with van der Waals surface area (Å²) in [4.78, 5) is 4.79. The molecule has 1 heterocycles. The zero-order chi connectivity index (χ0) is 15.2. The number of nitrogens with zero attached hydrogens (tertiary/aromatic N) is 2. The van der Waals surface area contributed by atoms with Gasteiger partial charge in [-0.05, 0) is 63.9 Å². The fraction of sp³-hybridized carbons (Fsp3) is 0.667. The number of likely N-dealkylation sites (tertiary alicyclic amines) is 1. The lowest BCUT2D eigenvalue weighted by atomic mass is 9.90. The minimum absolute atomic E-state index is 0.537. The maximum atomic E-state index is 3.75. The lowest BCUT2D eigenvalue weighted by Gasteiger charge is -2.35. The van der Waals surface area contributed by atoms with Crippen molar-refractivity contribution in [1.82, 2.24) is 4.90 Å². The van der Waals surface area contributed by atoms with Crippen LogP contribution in [-0.2, 0) is 0 Å². The van der Waals surface area contributed by atoms with Gasteiger partial charge in [0.25, 0.3) is 0 Å². The second-order valence-electron chi connectivity index (χ2n) is 6.52. The Labute approximate surface area is 130 Å². The maximum Gasteiger partial charge on any atom is 0.0596 e. The van der Waals surface area contributed by atoms with Gasteiger partial charge in [-0.1, -0.05) is 19.1 Å². The van der Waals surface area contributed by atoms with Gasteiger partial charge in [-0.25, -0.2) is 0 Å². The molecular formula is C18H31N3. The monoisotopic (exact) mass is 289 g/mol. The van der Waals surface area contributed by atoms with E-state index in [1.165, 1.54) is 50.3 Å². The molecule has 1 atom stereocenters. The molecule has 21 heavy (non-hydrogen) atoms. The van der Waals surface area contributed by atoms with Gasteiger partial charge in [0.15, 0.2) is 0 Å². The van der Waals surface area contributed by atoms with E-state index in [9.17, 15) is 0 Å². The van der Waals surface area contributed by atoms with Crippen molar-refractivity contribution in [2.45, 2.75) is 39.2 Å². The number of hydrogen-bond donors (Lipinski definition) is 1. The molecule has 1 aromatic carbocycles. The SMILES string of the molecule is CCCN1CCC(C(C)Nc2ccccc2N(C)C)CC1. The Morgan fingerprint density at radius 3 is 2.52 bits per heavy atom. The topological polar surface area (TPSA) is 18.5 Å². The van der Waals surface area contributed by atoms with Crippen LogP contribution in [-0.4, -0.2) is 44.7 Å². The molecular weight excluding hydrogens is 258 g/mol. The Morgan fingerprint density at radius 2 is 1.90 bits per heavy atom. The van der Waals surface area contributed by atoms with E-state index in [2.05, 4.69) is 67.3 Å². The molecule has 0 saturated carbocycles. The van der Waals surface area contributed by atoms with Gasteiger partial charge in [-0.15, -0.1) is 0 Å². The highest BCUT2D eigenvalue weighted by Gasteiger charge is 2.23. The first-order valence-corrected chi connectivity index (χ1v) is 8.37. The molecule has 1 N–H and O–H groups in total. The van der Waals surface area contributed by atoms with Crippen molar-refractivity contribution in [3.05, 3.63) is 24.3 Å². The largest absolute Gasteiger partial charge is 0.381 e. The van der Waals surface area contributed by atoms with E-state index in [0.29, 0.717) is 6.04 Å². The predicted octanol–water partition coefficient (Wildman–Crippen LogP) is 3.68. The smallest absolute Gasteiger partial charge is 0.0596 e. The summed E-state index contributed by atoms with van der Waals surface area (Å²) in [6, 6.07) is 9.13. The van der Waals surface area contributed by atoms with Crippen LogP contribution in [0.25, 0.3) is 0 Å². The molecule has 0 aromatic heterocycles. The first kappa shape index (κ1) is 16.2. The van der Waals surface area contributed by atoms with Crippen LogP contribution < -0.4 is 10.2 Å². The van der Waals surface area contributed by atoms with Crippen LogP contribution in [0, 0.1) is 5.92 Å². The number of benzene rings is 1. The quantitative estimate of drug-likeness (QED) is 0.862. The molecule has 1 aliphatic rings. The van der Waals surface area contributed by atoms with E-state index in [-0.39, 0.29) is 0 Å². The van der Waals surface area contributed by atoms with Gasteiger partial charge in [-0.2, -0.15) is 0 Å². The van der Waals surface area contributed by atoms with Crippen molar-refractivity contribution < 1.29 is 0 Å². The Bertz CT molecular complexity index is 422. The first-order chi connectivity index (χ1) is 10.1. The minimum atomic E-state index is 0.537. The first-order valence-electron chi connectivity index (χ1n) is 8.37. The highest BCUT2D eigenvalue weighted by Crippen LogP contribution is 2.28. The van der Waals surface area contributed by atoms with Gasteiger partial charge < -0.3 is 15.1 Å². The standard InChI is InChI=1S/C18H31N3/c1-5-12-21-13-10-16(11-14-21)15(2)19-17-8-6-7-9-18(17)20(3)4/h6-9,15-16,19H,5,10-14H2,1-4H3. The van der Waals surface area contributed by atoms with Crippen LogP contribution in [0.5, 0.6) is 0 Å². The van der Waals surface area contributed by atoms with E-state index < -0.39 is 0 Å². The summed E-state index contributed by atoms with van der Waals surface area (Å²) in [6.07, 6.45) is 3.91. The van der Waals surface area contributed by atoms with Crippen LogP contribution in [0.15, 0.2) is 24.3 Å². The Hall–Kier alpha value is -1.22. The lowest BCUT2D eigenvalue weighted by molar-refractivity contribution is 0.176. The minimum Gasteiger partial charge on any atom is -0.381 e. The molecule has 1 fully saturated rings. The summed E-state index contributed by atoms with van der Waals surface area (Å²) in [5, 5.41) is 3.75. The predicted molar refractivity (Wildman–Crippen MR) is 93.3 cm³/mol. The number of nitrogens with one attached hydrogen (secondary N) is 1. The zero-order valence-electron chi connectivity index (χ0n) is 14.1. The van der Waals surface area contributed by atoms with E-state index >= 15 is 0 Å². The summed E-state index contributed by atoms with van der Waals surface area (Å²) in [5.74, 6) is 0.785. The van der Waals surface area contributed by atoms with Crippen molar-refractivity contribution in [2.24, 2.45) is 5.92 Å². The molecule has 1 saturated heterocycles. The molecule has 0 radical (unpaired) electrons. The average molecular weight is 289 g/mol. The van der Waals surface area contributed by atoms with Crippen LogP contribution in [0.1, 0.15) is 33.1 Å². The highest BCUT2D eigenvalue weighted by atomic mass is 15.1. The zero-order valence-corrected chi connectivity index (χ0v) is 14.1. The molecule has 0 aliphatic carbocycles. The molecule has 1 aromatic rings. The summed E-state index contributed by atoms with van der Waals surface area (Å²) in [7, 11) is 4.21. The van der Waals surface area contributed by atoms with Gasteiger partial charge in [0.1, 0.15) is 0 Å². The van der Waals surface area contributed by atoms with E-state index in [4.69, 9.17) is 0 Å². The van der Waals surface area contributed by atoms with Gasteiger partial charge in [0.05, 0.1) is 11.4 Å². The average Bonchev–Trinajstić information content (AvgIpc) is 2.48. The summed E-state index contributed by atoms with van der Waals surface area (Å²) in [5.41, 5.74) is 2.53.